The third-order valence-electron chi connectivity index (χ3n) is 1.81. The minimum atomic E-state index is -2.81. The second-order valence-electron chi connectivity index (χ2n) is 3.23. The molecule has 4 heteroatoms. The van der Waals surface area contributed by atoms with Gasteiger partial charge in [-0.3, -0.25) is 0 Å². The van der Waals surface area contributed by atoms with Crippen LogP contribution in [0.1, 0.15) is 26.2 Å². The summed E-state index contributed by atoms with van der Waals surface area (Å²) in [6, 6.07) is 0. The first-order valence-corrected chi connectivity index (χ1v) is 6.82. The van der Waals surface area contributed by atoms with E-state index in [9.17, 15) is 8.42 Å². The molecule has 0 saturated heterocycles. The molecule has 0 bridgehead atoms. The third kappa shape index (κ3) is 6.92. The predicted molar refractivity (Wildman–Crippen MR) is 53.4 cm³/mol. The molecule has 0 saturated carbocycles. The van der Waals surface area contributed by atoms with Gasteiger partial charge in [-0.05, 0) is 18.8 Å². The van der Waals surface area contributed by atoms with Crippen LogP contribution in [-0.4, -0.2) is 26.3 Å². The van der Waals surface area contributed by atoms with Crippen LogP contribution in [0.3, 0.4) is 0 Å². The van der Waals surface area contributed by atoms with Gasteiger partial charge >= 0.3 is 0 Å². The first-order valence-electron chi connectivity index (χ1n) is 4.23. The number of sulfone groups is 1. The summed E-state index contributed by atoms with van der Waals surface area (Å²) in [5.74, 6) is 1.21. The van der Waals surface area contributed by atoms with Gasteiger partial charge in [0.15, 0.2) is 0 Å². The van der Waals surface area contributed by atoms with Crippen molar-refractivity contribution in [2.24, 2.45) is 5.92 Å². The average Bonchev–Trinajstić information content (AvgIpc) is 1.96. The largest absolute Gasteiger partial charge is 0.229 e. The van der Waals surface area contributed by atoms with Crippen molar-refractivity contribution in [1.29, 1.82) is 0 Å². The first kappa shape index (κ1) is 12.2. The van der Waals surface area contributed by atoms with Crippen LogP contribution in [0.4, 0.5) is 0 Å². The molecular formula is C8H17ClO2S. The summed E-state index contributed by atoms with van der Waals surface area (Å²) in [6.07, 6.45) is 4.07. The summed E-state index contributed by atoms with van der Waals surface area (Å²) < 4.78 is 21.6. The smallest absolute Gasteiger partial charge is 0.147 e. The standard InChI is InChI=1S/C8H17ClO2S/c1-3-4-8(7-9)5-6-12(2,10)11/h8H,3-7H2,1-2H3. The van der Waals surface area contributed by atoms with Crippen LogP contribution in [-0.2, 0) is 9.84 Å². The highest BCUT2D eigenvalue weighted by Crippen LogP contribution is 2.13. The highest BCUT2D eigenvalue weighted by molar-refractivity contribution is 7.90. The minimum Gasteiger partial charge on any atom is -0.229 e. The maximum Gasteiger partial charge on any atom is 0.147 e. The van der Waals surface area contributed by atoms with E-state index in [2.05, 4.69) is 6.92 Å². The fourth-order valence-corrected chi connectivity index (χ4v) is 2.16. The maximum absolute atomic E-state index is 10.8. The second-order valence-corrected chi connectivity index (χ2v) is 5.80. The van der Waals surface area contributed by atoms with E-state index in [1.54, 1.807) is 0 Å². The highest BCUT2D eigenvalue weighted by Gasteiger charge is 2.10. The zero-order valence-corrected chi connectivity index (χ0v) is 9.29. The average molecular weight is 213 g/mol. The molecule has 0 heterocycles. The van der Waals surface area contributed by atoms with E-state index in [1.807, 2.05) is 0 Å². The van der Waals surface area contributed by atoms with Crippen LogP contribution in [0.25, 0.3) is 0 Å². The lowest BCUT2D eigenvalue weighted by Crippen LogP contribution is -2.10. The molecular weight excluding hydrogens is 196 g/mol. The van der Waals surface area contributed by atoms with Crippen LogP contribution in [0.2, 0.25) is 0 Å². The number of alkyl halides is 1. The molecule has 0 aliphatic carbocycles. The van der Waals surface area contributed by atoms with Gasteiger partial charge in [0, 0.05) is 12.1 Å². The lowest BCUT2D eigenvalue weighted by Gasteiger charge is -2.10. The predicted octanol–water partition coefficient (Wildman–Crippen LogP) is 2.08. The van der Waals surface area contributed by atoms with Gasteiger partial charge in [0.25, 0.3) is 0 Å². The normalized spacial score (nSPS) is 14.6. The molecule has 0 radical (unpaired) electrons. The molecule has 1 unspecified atom stereocenters. The fourth-order valence-electron chi connectivity index (χ4n) is 1.09. The van der Waals surface area contributed by atoms with E-state index in [-0.39, 0.29) is 5.75 Å². The van der Waals surface area contributed by atoms with Crippen LogP contribution < -0.4 is 0 Å². The molecule has 0 fully saturated rings. The van der Waals surface area contributed by atoms with Gasteiger partial charge in [-0.15, -0.1) is 11.6 Å². The van der Waals surface area contributed by atoms with E-state index in [4.69, 9.17) is 11.6 Å². The number of hydrogen-bond donors (Lipinski definition) is 0. The Morgan fingerprint density at radius 2 is 1.92 bits per heavy atom. The Balaban J connectivity index is 3.73. The highest BCUT2D eigenvalue weighted by atomic mass is 35.5. The first-order chi connectivity index (χ1) is 5.49. The Bertz CT molecular complexity index is 199. The van der Waals surface area contributed by atoms with Crippen molar-refractivity contribution in [1.82, 2.24) is 0 Å². The molecule has 0 amide bonds. The van der Waals surface area contributed by atoms with Crippen molar-refractivity contribution >= 4 is 21.4 Å². The Kier molecular flexibility index (Phi) is 5.93. The molecule has 0 rings (SSSR count). The zero-order valence-electron chi connectivity index (χ0n) is 7.72. The van der Waals surface area contributed by atoms with Gasteiger partial charge in [0.05, 0.1) is 5.75 Å². The second kappa shape index (κ2) is 5.81. The van der Waals surface area contributed by atoms with E-state index < -0.39 is 9.84 Å². The van der Waals surface area contributed by atoms with Crippen molar-refractivity contribution in [2.75, 3.05) is 17.9 Å². The summed E-state index contributed by atoms with van der Waals surface area (Å²) in [7, 11) is -2.81. The monoisotopic (exact) mass is 212 g/mol. The van der Waals surface area contributed by atoms with Gasteiger partial charge in [-0.25, -0.2) is 8.42 Å². The lowest BCUT2D eigenvalue weighted by molar-refractivity contribution is 0.509. The molecule has 74 valence electrons. The van der Waals surface area contributed by atoms with Gasteiger partial charge < -0.3 is 0 Å². The molecule has 2 nitrogen and oxygen atoms in total. The Labute approximate surface area is 80.2 Å². The van der Waals surface area contributed by atoms with Crippen molar-refractivity contribution in [3.63, 3.8) is 0 Å². The zero-order chi connectivity index (χ0) is 9.61. The van der Waals surface area contributed by atoms with E-state index in [1.165, 1.54) is 6.26 Å². The number of rotatable bonds is 6. The van der Waals surface area contributed by atoms with Crippen LogP contribution in [0, 0.1) is 5.92 Å². The van der Waals surface area contributed by atoms with Gasteiger partial charge in [0.2, 0.25) is 0 Å². The van der Waals surface area contributed by atoms with Crippen molar-refractivity contribution < 1.29 is 8.42 Å². The topological polar surface area (TPSA) is 34.1 Å². The summed E-state index contributed by atoms with van der Waals surface area (Å²) in [4.78, 5) is 0. The SMILES string of the molecule is CCCC(CCl)CCS(C)(=O)=O. The lowest BCUT2D eigenvalue weighted by atomic mass is 10.0. The number of halogens is 1. The molecule has 0 aromatic rings. The molecule has 0 aliphatic heterocycles. The molecule has 0 aliphatic rings. The van der Waals surface area contributed by atoms with E-state index in [0.717, 1.165) is 12.8 Å². The van der Waals surface area contributed by atoms with Crippen LogP contribution >= 0.6 is 11.6 Å². The van der Waals surface area contributed by atoms with Crippen LogP contribution in [0.5, 0.6) is 0 Å². The summed E-state index contributed by atoms with van der Waals surface area (Å²) >= 11 is 5.68. The van der Waals surface area contributed by atoms with Crippen LogP contribution in [0.15, 0.2) is 0 Å². The Morgan fingerprint density at radius 1 is 1.33 bits per heavy atom. The summed E-state index contributed by atoms with van der Waals surface area (Å²) in [5.41, 5.74) is 0. The van der Waals surface area contributed by atoms with E-state index in [0.29, 0.717) is 18.2 Å². The maximum atomic E-state index is 10.8. The fraction of sp³-hybridized carbons (Fsp3) is 1.00. The van der Waals surface area contributed by atoms with E-state index >= 15 is 0 Å². The molecule has 0 spiro atoms. The van der Waals surface area contributed by atoms with Crippen molar-refractivity contribution in [3.05, 3.63) is 0 Å². The van der Waals surface area contributed by atoms with Crippen molar-refractivity contribution in [2.45, 2.75) is 26.2 Å². The summed E-state index contributed by atoms with van der Waals surface area (Å²) in [6.45, 7) is 2.08. The number of hydrogen-bond acceptors (Lipinski definition) is 2. The molecule has 0 aromatic carbocycles. The Morgan fingerprint density at radius 3 is 2.25 bits per heavy atom. The molecule has 12 heavy (non-hydrogen) atoms. The van der Waals surface area contributed by atoms with Gasteiger partial charge in [-0.1, -0.05) is 13.3 Å². The van der Waals surface area contributed by atoms with Gasteiger partial charge in [-0.2, -0.15) is 0 Å². The third-order valence-corrected chi connectivity index (χ3v) is 3.23. The van der Waals surface area contributed by atoms with Crippen molar-refractivity contribution in [3.8, 4) is 0 Å². The quantitative estimate of drug-likeness (QED) is 0.632. The molecule has 0 aromatic heterocycles. The molecule has 1 atom stereocenters. The summed E-state index contributed by atoms with van der Waals surface area (Å²) in [5, 5.41) is 0. The van der Waals surface area contributed by atoms with Gasteiger partial charge in [0.1, 0.15) is 9.84 Å². The Hall–Kier alpha value is 0.240. The minimum absolute atomic E-state index is 0.268. The molecule has 0 N–H and O–H groups in total.